The quantitative estimate of drug-likeness (QED) is 0.863. The van der Waals surface area contributed by atoms with E-state index in [2.05, 4.69) is 0 Å². The number of carboxylic acid groups (broad SMARTS) is 1. The highest BCUT2D eigenvalue weighted by Gasteiger charge is 2.38. The second-order valence-electron chi connectivity index (χ2n) is 6.49. The number of carboxylic acids is 1. The molecule has 0 aromatic rings. The number of amides is 2. The van der Waals surface area contributed by atoms with Crippen LogP contribution < -0.4 is 0 Å². The maximum Gasteiger partial charge on any atom is 0.319 e. The van der Waals surface area contributed by atoms with Gasteiger partial charge in [0, 0.05) is 26.7 Å². The summed E-state index contributed by atoms with van der Waals surface area (Å²) in [5.74, 6) is -0.544. The van der Waals surface area contributed by atoms with Crippen molar-refractivity contribution in [3.8, 4) is 0 Å². The van der Waals surface area contributed by atoms with Crippen LogP contribution in [0.1, 0.15) is 39.0 Å². The second kappa shape index (κ2) is 6.46. The van der Waals surface area contributed by atoms with Gasteiger partial charge < -0.3 is 14.9 Å². The Hall–Kier alpha value is -1.26. The fourth-order valence-corrected chi connectivity index (χ4v) is 3.52. The maximum atomic E-state index is 12.4. The summed E-state index contributed by atoms with van der Waals surface area (Å²) in [6, 6.07) is -0.00817. The van der Waals surface area contributed by atoms with Gasteiger partial charge in [-0.1, -0.05) is 26.2 Å². The Bertz CT molecular complexity index is 366. The van der Waals surface area contributed by atoms with E-state index in [1.807, 2.05) is 14.0 Å². The van der Waals surface area contributed by atoms with Gasteiger partial charge in [0.25, 0.3) is 0 Å². The molecule has 1 saturated heterocycles. The lowest BCUT2D eigenvalue weighted by atomic mass is 9.89. The van der Waals surface area contributed by atoms with E-state index in [9.17, 15) is 9.59 Å². The van der Waals surface area contributed by atoms with E-state index in [1.165, 1.54) is 32.1 Å². The van der Waals surface area contributed by atoms with Crippen LogP contribution in [0.3, 0.4) is 0 Å². The topological polar surface area (TPSA) is 60.9 Å². The Kier molecular flexibility index (Phi) is 4.89. The molecule has 1 saturated carbocycles. The molecule has 2 rings (SSSR count). The summed E-state index contributed by atoms with van der Waals surface area (Å²) in [5.41, 5.74) is 0. The van der Waals surface area contributed by atoms with Gasteiger partial charge in [-0.05, 0) is 24.7 Å². The molecule has 114 valence electrons. The van der Waals surface area contributed by atoms with Crippen molar-refractivity contribution < 1.29 is 14.7 Å². The Morgan fingerprint density at radius 2 is 1.85 bits per heavy atom. The van der Waals surface area contributed by atoms with Gasteiger partial charge in [-0.25, -0.2) is 4.79 Å². The lowest BCUT2D eigenvalue weighted by Crippen LogP contribution is -2.42. The van der Waals surface area contributed by atoms with Crippen LogP contribution in [0.4, 0.5) is 4.79 Å². The van der Waals surface area contributed by atoms with Crippen molar-refractivity contribution in [3.63, 3.8) is 0 Å². The summed E-state index contributed by atoms with van der Waals surface area (Å²) in [5, 5.41) is 9.13. The largest absolute Gasteiger partial charge is 0.481 e. The minimum Gasteiger partial charge on any atom is -0.481 e. The summed E-state index contributed by atoms with van der Waals surface area (Å²) >= 11 is 0. The van der Waals surface area contributed by atoms with Crippen LogP contribution in [0.5, 0.6) is 0 Å². The third-order valence-corrected chi connectivity index (χ3v) is 4.78. The zero-order chi connectivity index (χ0) is 14.7. The van der Waals surface area contributed by atoms with Crippen LogP contribution in [-0.2, 0) is 4.79 Å². The standard InChI is InChI=1S/C15H26N2O3/c1-11-8-17(10-13(11)14(18)19)15(20)16(2)9-12-6-4-3-5-7-12/h11-13H,3-10H2,1-2H3,(H,18,19)/t11-,13-/m1/s1. The summed E-state index contributed by atoms with van der Waals surface area (Å²) in [7, 11) is 1.84. The molecule has 2 atom stereocenters. The molecule has 2 aliphatic rings. The SMILES string of the molecule is C[C@@H]1CN(C(=O)N(C)CC2CCCCC2)C[C@H]1C(=O)O. The number of carbonyl (C=O) groups is 2. The molecule has 0 aromatic carbocycles. The van der Waals surface area contributed by atoms with Gasteiger partial charge in [0.05, 0.1) is 5.92 Å². The zero-order valence-corrected chi connectivity index (χ0v) is 12.5. The maximum absolute atomic E-state index is 12.4. The molecule has 0 radical (unpaired) electrons. The van der Waals surface area contributed by atoms with E-state index in [0.29, 0.717) is 19.0 Å². The van der Waals surface area contributed by atoms with Crippen LogP contribution in [-0.4, -0.2) is 53.6 Å². The highest BCUT2D eigenvalue weighted by molar-refractivity contribution is 5.77. The number of hydrogen-bond donors (Lipinski definition) is 1. The molecule has 5 heteroatoms. The number of carbonyl (C=O) groups excluding carboxylic acids is 1. The van der Waals surface area contributed by atoms with Gasteiger partial charge in [-0.15, -0.1) is 0 Å². The van der Waals surface area contributed by atoms with Crippen molar-refractivity contribution in [2.45, 2.75) is 39.0 Å². The molecule has 0 spiro atoms. The number of aliphatic carboxylic acids is 1. The molecule has 1 heterocycles. The molecule has 2 amide bonds. The van der Waals surface area contributed by atoms with E-state index < -0.39 is 11.9 Å². The van der Waals surface area contributed by atoms with Gasteiger partial charge in [0.15, 0.2) is 0 Å². The van der Waals surface area contributed by atoms with Crippen LogP contribution in [0.2, 0.25) is 0 Å². The Balaban J connectivity index is 1.85. The van der Waals surface area contributed by atoms with Crippen molar-refractivity contribution in [2.75, 3.05) is 26.7 Å². The lowest BCUT2D eigenvalue weighted by molar-refractivity contribution is -0.142. The van der Waals surface area contributed by atoms with Crippen molar-refractivity contribution in [1.29, 1.82) is 0 Å². The van der Waals surface area contributed by atoms with Crippen LogP contribution in [0, 0.1) is 17.8 Å². The molecule has 0 bridgehead atoms. The first-order chi connectivity index (χ1) is 9.49. The fourth-order valence-electron chi connectivity index (χ4n) is 3.52. The first-order valence-electron chi connectivity index (χ1n) is 7.72. The summed E-state index contributed by atoms with van der Waals surface area (Å²) < 4.78 is 0. The van der Waals surface area contributed by atoms with Crippen LogP contribution >= 0.6 is 0 Å². The van der Waals surface area contributed by atoms with Gasteiger partial charge >= 0.3 is 12.0 Å². The van der Waals surface area contributed by atoms with E-state index in [4.69, 9.17) is 5.11 Å². The molecular formula is C15H26N2O3. The predicted molar refractivity (Wildman–Crippen MR) is 76.5 cm³/mol. The van der Waals surface area contributed by atoms with Gasteiger partial charge in [0.1, 0.15) is 0 Å². The molecule has 0 unspecified atom stereocenters. The summed E-state index contributed by atoms with van der Waals surface area (Å²) in [6.07, 6.45) is 6.29. The highest BCUT2D eigenvalue weighted by Crippen LogP contribution is 2.26. The monoisotopic (exact) mass is 282 g/mol. The lowest BCUT2D eigenvalue weighted by Gasteiger charge is -2.30. The number of urea groups is 1. The van der Waals surface area contributed by atoms with Crippen molar-refractivity contribution >= 4 is 12.0 Å². The van der Waals surface area contributed by atoms with Gasteiger partial charge in [-0.3, -0.25) is 4.79 Å². The number of hydrogen-bond acceptors (Lipinski definition) is 2. The molecule has 2 fully saturated rings. The van der Waals surface area contributed by atoms with Gasteiger partial charge in [0.2, 0.25) is 0 Å². The van der Waals surface area contributed by atoms with Crippen molar-refractivity contribution in [2.24, 2.45) is 17.8 Å². The first-order valence-corrected chi connectivity index (χ1v) is 7.72. The molecule has 5 nitrogen and oxygen atoms in total. The second-order valence-corrected chi connectivity index (χ2v) is 6.49. The third-order valence-electron chi connectivity index (χ3n) is 4.78. The summed E-state index contributed by atoms with van der Waals surface area (Å²) in [6.45, 7) is 3.63. The van der Waals surface area contributed by atoms with Crippen molar-refractivity contribution in [1.82, 2.24) is 9.80 Å². The number of rotatable bonds is 3. The molecular weight excluding hydrogens is 256 g/mol. The highest BCUT2D eigenvalue weighted by atomic mass is 16.4. The normalized spacial score (nSPS) is 27.6. The van der Waals surface area contributed by atoms with E-state index in [0.717, 1.165) is 6.54 Å². The molecule has 20 heavy (non-hydrogen) atoms. The Morgan fingerprint density at radius 1 is 1.20 bits per heavy atom. The molecule has 0 aromatic heterocycles. The Labute approximate surface area is 120 Å². The third kappa shape index (κ3) is 3.44. The minimum absolute atomic E-state index is 0.00817. The number of nitrogens with zero attached hydrogens (tertiary/aromatic N) is 2. The minimum atomic E-state index is -0.789. The molecule has 1 aliphatic carbocycles. The first kappa shape index (κ1) is 15.1. The summed E-state index contributed by atoms with van der Waals surface area (Å²) in [4.78, 5) is 27.0. The van der Waals surface area contributed by atoms with E-state index in [-0.39, 0.29) is 11.9 Å². The van der Waals surface area contributed by atoms with Crippen LogP contribution in [0.25, 0.3) is 0 Å². The molecule has 1 N–H and O–H groups in total. The van der Waals surface area contributed by atoms with Crippen LogP contribution in [0.15, 0.2) is 0 Å². The Morgan fingerprint density at radius 3 is 2.40 bits per heavy atom. The van der Waals surface area contributed by atoms with E-state index >= 15 is 0 Å². The molecule has 1 aliphatic heterocycles. The predicted octanol–water partition coefficient (Wildman–Crippen LogP) is 2.27. The zero-order valence-electron chi connectivity index (χ0n) is 12.5. The van der Waals surface area contributed by atoms with E-state index in [1.54, 1.807) is 9.80 Å². The average molecular weight is 282 g/mol. The average Bonchev–Trinajstić information content (AvgIpc) is 2.81. The number of likely N-dealkylation sites (tertiary alicyclic amines) is 1. The van der Waals surface area contributed by atoms with Crippen molar-refractivity contribution in [3.05, 3.63) is 0 Å². The fraction of sp³-hybridized carbons (Fsp3) is 0.867. The van der Waals surface area contributed by atoms with Gasteiger partial charge in [-0.2, -0.15) is 0 Å². The smallest absolute Gasteiger partial charge is 0.319 e.